The van der Waals surface area contributed by atoms with Crippen molar-refractivity contribution in [2.24, 2.45) is 0 Å². The number of ether oxygens (including phenoxy) is 2. The van der Waals surface area contributed by atoms with Crippen molar-refractivity contribution in [3.63, 3.8) is 0 Å². The third-order valence-corrected chi connectivity index (χ3v) is 3.47. The summed E-state index contributed by atoms with van der Waals surface area (Å²) in [4.78, 5) is 23.8. The van der Waals surface area contributed by atoms with Crippen LogP contribution in [-0.2, 0) is 25.5 Å². The molecule has 0 heterocycles. The average molecular weight is 333 g/mol. The number of carbonyl (C=O) groups is 2. The van der Waals surface area contributed by atoms with E-state index in [9.17, 15) is 9.59 Å². The maximum Gasteiger partial charge on any atom is 0.347 e. The molecule has 1 aromatic carbocycles. The van der Waals surface area contributed by atoms with E-state index in [1.165, 1.54) is 11.8 Å². The monoisotopic (exact) mass is 333 g/mol. The Balaban J connectivity index is 2.92. The minimum atomic E-state index is -0.694. The van der Waals surface area contributed by atoms with Gasteiger partial charge in [-0.15, -0.1) is 0 Å². The van der Waals surface area contributed by atoms with Gasteiger partial charge in [-0.05, 0) is 50.8 Å². The van der Waals surface area contributed by atoms with E-state index >= 15 is 0 Å². The lowest BCUT2D eigenvalue weighted by Crippen LogP contribution is -2.19. The molecule has 1 aromatic rings. The number of unbranched alkanes of at least 4 members (excludes halogenated alkanes) is 1. The Bertz CT molecular complexity index is 573. The van der Waals surface area contributed by atoms with Crippen LogP contribution in [0, 0.1) is 6.92 Å². The Morgan fingerprint density at radius 2 is 1.71 bits per heavy atom. The number of anilines is 1. The normalized spacial score (nSPS) is 10.0. The van der Waals surface area contributed by atoms with Crippen LogP contribution in [0.2, 0.25) is 0 Å². The summed E-state index contributed by atoms with van der Waals surface area (Å²) in [7, 11) is 0. The summed E-state index contributed by atoms with van der Waals surface area (Å²) >= 11 is 0. The van der Waals surface area contributed by atoms with Gasteiger partial charge in [0.05, 0.1) is 13.2 Å². The summed E-state index contributed by atoms with van der Waals surface area (Å²) < 4.78 is 9.81. The Hall–Kier alpha value is -2.30. The Labute approximate surface area is 144 Å². The molecule has 5 heteroatoms. The van der Waals surface area contributed by atoms with Gasteiger partial charge in [-0.25, -0.2) is 9.59 Å². The van der Waals surface area contributed by atoms with Gasteiger partial charge in [0.1, 0.15) is 0 Å². The highest BCUT2D eigenvalue weighted by atomic mass is 16.6. The van der Waals surface area contributed by atoms with Crippen molar-refractivity contribution in [2.75, 3.05) is 18.5 Å². The van der Waals surface area contributed by atoms with Crippen LogP contribution in [0.5, 0.6) is 0 Å². The summed E-state index contributed by atoms with van der Waals surface area (Å²) in [6.07, 6.45) is 4.71. The molecule has 5 nitrogen and oxygen atoms in total. The number of esters is 2. The van der Waals surface area contributed by atoms with Crippen molar-refractivity contribution in [1.82, 2.24) is 0 Å². The van der Waals surface area contributed by atoms with Crippen LogP contribution < -0.4 is 5.32 Å². The topological polar surface area (TPSA) is 64.6 Å². The van der Waals surface area contributed by atoms with Gasteiger partial charge in [-0.2, -0.15) is 0 Å². The van der Waals surface area contributed by atoms with Gasteiger partial charge in [0.15, 0.2) is 5.57 Å². The minimum absolute atomic E-state index is 0.145. The molecule has 24 heavy (non-hydrogen) atoms. The molecule has 0 unspecified atom stereocenters. The highest BCUT2D eigenvalue weighted by Crippen LogP contribution is 2.18. The molecule has 1 N–H and O–H groups in total. The molecule has 0 aliphatic heterocycles. The van der Waals surface area contributed by atoms with Gasteiger partial charge < -0.3 is 14.8 Å². The van der Waals surface area contributed by atoms with Crippen LogP contribution >= 0.6 is 0 Å². The first kappa shape index (κ1) is 19.7. The molecular weight excluding hydrogens is 306 g/mol. The molecule has 0 amide bonds. The second kappa shape index (κ2) is 10.5. The molecule has 0 fully saturated rings. The van der Waals surface area contributed by atoms with Gasteiger partial charge in [0, 0.05) is 11.9 Å². The number of nitrogens with one attached hydrogen (secondary N) is 1. The molecule has 132 valence electrons. The Morgan fingerprint density at radius 3 is 2.21 bits per heavy atom. The molecule has 0 saturated heterocycles. The first-order valence-corrected chi connectivity index (χ1v) is 8.43. The summed E-state index contributed by atoms with van der Waals surface area (Å²) in [5, 5.41) is 3.01. The van der Waals surface area contributed by atoms with Crippen LogP contribution in [0.3, 0.4) is 0 Å². The lowest BCUT2D eigenvalue weighted by Gasteiger charge is -2.10. The Kier molecular flexibility index (Phi) is 8.61. The highest BCUT2D eigenvalue weighted by molar-refractivity contribution is 6.14. The molecule has 0 atom stereocenters. The largest absolute Gasteiger partial charge is 0.462 e. The molecule has 0 aliphatic rings. The number of rotatable bonds is 9. The third kappa shape index (κ3) is 6.07. The number of hydrogen-bond donors (Lipinski definition) is 1. The summed E-state index contributed by atoms with van der Waals surface area (Å²) in [6, 6.07) is 6.11. The van der Waals surface area contributed by atoms with E-state index < -0.39 is 11.9 Å². The predicted octanol–water partition coefficient (Wildman–Crippen LogP) is 3.76. The lowest BCUT2D eigenvalue weighted by molar-refractivity contribution is -0.146. The van der Waals surface area contributed by atoms with Gasteiger partial charge in [0.2, 0.25) is 0 Å². The van der Waals surface area contributed by atoms with Crippen molar-refractivity contribution in [3.8, 4) is 0 Å². The second-order valence-electron chi connectivity index (χ2n) is 5.40. The zero-order chi connectivity index (χ0) is 17.9. The van der Waals surface area contributed by atoms with Gasteiger partial charge in [0.25, 0.3) is 0 Å². The standard InChI is InChI=1S/C19H27NO4/c1-5-8-9-15-10-11-17(14(4)12-15)20-13-16(18(21)23-6-2)19(22)24-7-3/h10-13,20H,5-9H2,1-4H3. The molecule has 0 spiro atoms. The fraction of sp³-hybridized carbons (Fsp3) is 0.474. The van der Waals surface area contributed by atoms with E-state index in [1.807, 2.05) is 19.1 Å². The highest BCUT2D eigenvalue weighted by Gasteiger charge is 2.21. The summed E-state index contributed by atoms with van der Waals surface area (Å²) in [5.74, 6) is -1.39. The van der Waals surface area contributed by atoms with Gasteiger partial charge >= 0.3 is 11.9 Å². The first-order chi connectivity index (χ1) is 11.5. The van der Waals surface area contributed by atoms with E-state index in [4.69, 9.17) is 9.47 Å². The van der Waals surface area contributed by atoms with Crippen molar-refractivity contribution in [1.29, 1.82) is 0 Å². The SMILES string of the molecule is CCCCc1ccc(NC=C(C(=O)OCC)C(=O)OCC)c(C)c1. The zero-order valence-corrected chi connectivity index (χ0v) is 15.0. The summed E-state index contributed by atoms with van der Waals surface area (Å²) in [6.45, 7) is 7.92. The number of hydrogen-bond acceptors (Lipinski definition) is 5. The fourth-order valence-electron chi connectivity index (χ4n) is 2.19. The predicted molar refractivity (Wildman–Crippen MR) is 94.8 cm³/mol. The first-order valence-electron chi connectivity index (χ1n) is 8.43. The van der Waals surface area contributed by atoms with Crippen LogP contribution in [0.25, 0.3) is 0 Å². The van der Waals surface area contributed by atoms with Crippen molar-refractivity contribution in [3.05, 3.63) is 41.1 Å². The molecule has 0 saturated carbocycles. The Morgan fingerprint density at radius 1 is 1.08 bits per heavy atom. The molecule has 1 rings (SSSR count). The minimum Gasteiger partial charge on any atom is -0.462 e. The lowest BCUT2D eigenvalue weighted by atomic mass is 10.0. The zero-order valence-electron chi connectivity index (χ0n) is 15.0. The number of carbonyl (C=O) groups excluding carboxylic acids is 2. The van der Waals surface area contributed by atoms with Gasteiger partial charge in [-0.3, -0.25) is 0 Å². The van der Waals surface area contributed by atoms with Crippen molar-refractivity contribution < 1.29 is 19.1 Å². The third-order valence-electron chi connectivity index (χ3n) is 3.47. The van der Waals surface area contributed by atoms with Crippen LogP contribution in [0.1, 0.15) is 44.7 Å². The molecule has 0 aliphatic carbocycles. The van der Waals surface area contributed by atoms with E-state index in [2.05, 4.69) is 18.3 Å². The smallest absolute Gasteiger partial charge is 0.347 e. The van der Waals surface area contributed by atoms with E-state index in [-0.39, 0.29) is 18.8 Å². The van der Waals surface area contributed by atoms with Crippen molar-refractivity contribution in [2.45, 2.75) is 47.0 Å². The fourth-order valence-corrected chi connectivity index (χ4v) is 2.19. The quantitative estimate of drug-likeness (QED) is 0.323. The molecule has 0 aromatic heterocycles. The molecular formula is C19H27NO4. The molecule has 0 bridgehead atoms. The maximum absolute atomic E-state index is 11.9. The van der Waals surface area contributed by atoms with Crippen LogP contribution in [0.15, 0.2) is 30.0 Å². The van der Waals surface area contributed by atoms with Crippen LogP contribution in [-0.4, -0.2) is 25.2 Å². The average Bonchev–Trinajstić information content (AvgIpc) is 2.55. The maximum atomic E-state index is 11.9. The van der Waals surface area contributed by atoms with E-state index in [1.54, 1.807) is 13.8 Å². The van der Waals surface area contributed by atoms with Gasteiger partial charge in [-0.1, -0.05) is 25.5 Å². The number of aryl methyl sites for hydroxylation is 2. The molecule has 0 radical (unpaired) electrons. The van der Waals surface area contributed by atoms with E-state index in [0.717, 1.165) is 30.5 Å². The second-order valence-corrected chi connectivity index (χ2v) is 5.40. The number of benzene rings is 1. The van der Waals surface area contributed by atoms with Crippen molar-refractivity contribution >= 4 is 17.6 Å². The van der Waals surface area contributed by atoms with Crippen LogP contribution in [0.4, 0.5) is 5.69 Å². The summed E-state index contributed by atoms with van der Waals surface area (Å²) in [5.41, 5.74) is 3.02. The van der Waals surface area contributed by atoms with E-state index in [0.29, 0.717) is 0 Å².